The van der Waals surface area contributed by atoms with Crippen LogP contribution in [0.4, 0.5) is 24.7 Å². The molecular weight excluding hydrogens is 335 g/mol. The van der Waals surface area contributed by atoms with Crippen molar-refractivity contribution in [3.63, 3.8) is 0 Å². The molecule has 25 heavy (non-hydrogen) atoms. The van der Waals surface area contributed by atoms with Crippen LogP contribution in [0.3, 0.4) is 0 Å². The quantitative estimate of drug-likeness (QED) is 0.773. The van der Waals surface area contributed by atoms with Crippen LogP contribution in [0.2, 0.25) is 0 Å². The zero-order valence-corrected chi connectivity index (χ0v) is 13.4. The molecule has 1 aromatic carbocycles. The molecule has 130 valence electrons. The summed E-state index contributed by atoms with van der Waals surface area (Å²) >= 11 is 0. The molecular formula is C16H14F3N5O. The highest BCUT2D eigenvalue weighted by molar-refractivity contribution is 5.58. The van der Waals surface area contributed by atoms with Crippen LogP contribution in [-0.2, 0) is 0 Å². The maximum Gasteiger partial charge on any atom is 0.573 e. The molecule has 0 amide bonds. The van der Waals surface area contributed by atoms with E-state index in [1.807, 2.05) is 19.9 Å². The number of benzene rings is 1. The maximum absolute atomic E-state index is 12.2. The first-order chi connectivity index (χ1) is 11.8. The van der Waals surface area contributed by atoms with Crippen LogP contribution in [0.1, 0.15) is 11.4 Å². The molecule has 0 aliphatic carbocycles. The van der Waals surface area contributed by atoms with E-state index in [-0.39, 0.29) is 5.75 Å². The van der Waals surface area contributed by atoms with Crippen LogP contribution in [0, 0.1) is 13.8 Å². The predicted molar refractivity (Wildman–Crippen MR) is 85.0 cm³/mol. The monoisotopic (exact) mass is 349 g/mol. The average molecular weight is 349 g/mol. The molecule has 2 aromatic heterocycles. The number of anilines is 2. The molecule has 0 bridgehead atoms. The van der Waals surface area contributed by atoms with Crippen LogP contribution in [0.25, 0.3) is 5.82 Å². The highest BCUT2D eigenvalue weighted by Crippen LogP contribution is 2.25. The van der Waals surface area contributed by atoms with E-state index in [1.54, 1.807) is 10.7 Å². The number of alkyl halides is 3. The molecule has 0 atom stereocenters. The van der Waals surface area contributed by atoms with Gasteiger partial charge in [-0.1, -0.05) is 0 Å². The summed E-state index contributed by atoms with van der Waals surface area (Å²) in [6.07, 6.45) is -3.33. The van der Waals surface area contributed by atoms with Gasteiger partial charge in [-0.05, 0) is 44.2 Å². The number of halogens is 3. The van der Waals surface area contributed by atoms with Gasteiger partial charge < -0.3 is 10.1 Å². The van der Waals surface area contributed by atoms with Crippen molar-refractivity contribution in [2.24, 2.45) is 0 Å². The summed E-state index contributed by atoms with van der Waals surface area (Å²) in [5.74, 6) is 0.784. The Hall–Kier alpha value is -3.10. The van der Waals surface area contributed by atoms with Gasteiger partial charge in [0.15, 0.2) is 5.82 Å². The van der Waals surface area contributed by atoms with Gasteiger partial charge in [0.05, 0.1) is 5.69 Å². The van der Waals surface area contributed by atoms with E-state index in [0.29, 0.717) is 17.3 Å². The Balaban J connectivity index is 1.77. The number of aryl methyl sites for hydroxylation is 2. The molecule has 0 aliphatic heterocycles. The van der Waals surface area contributed by atoms with E-state index in [1.165, 1.54) is 30.6 Å². The first-order valence-corrected chi connectivity index (χ1v) is 7.29. The number of ether oxygens (including phenoxy) is 1. The van der Waals surface area contributed by atoms with Gasteiger partial charge in [0, 0.05) is 17.4 Å². The van der Waals surface area contributed by atoms with Crippen molar-refractivity contribution in [3.8, 4) is 11.6 Å². The molecule has 0 saturated carbocycles. The minimum Gasteiger partial charge on any atom is -0.406 e. The summed E-state index contributed by atoms with van der Waals surface area (Å²) < 4.78 is 42.0. The molecule has 0 radical (unpaired) electrons. The summed E-state index contributed by atoms with van der Waals surface area (Å²) in [6, 6.07) is 8.99. The lowest BCUT2D eigenvalue weighted by Gasteiger charge is -2.10. The van der Waals surface area contributed by atoms with Gasteiger partial charge in [-0.15, -0.1) is 13.2 Å². The van der Waals surface area contributed by atoms with Gasteiger partial charge >= 0.3 is 6.36 Å². The Morgan fingerprint density at radius 1 is 1.04 bits per heavy atom. The van der Waals surface area contributed by atoms with Gasteiger partial charge in [0.25, 0.3) is 0 Å². The maximum atomic E-state index is 12.2. The fourth-order valence-corrected chi connectivity index (χ4v) is 2.28. The molecule has 1 N–H and O–H groups in total. The van der Waals surface area contributed by atoms with Crippen LogP contribution in [0.5, 0.6) is 5.75 Å². The highest BCUT2D eigenvalue weighted by atomic mass is 19.4. The van der Waals surface area contributed by atoms with E-state index in [2.05, 4.69) is 25.1 Å². The third-order valence-corrected chi connectivity index (χ3v) is 3.24. The first-order valence-electron chi connectivity index (χ1n) is 7.29. The van der Waals surface area contributed by atoms with E-state index in [0.717, 1.165) is 11.4 Å². The molecule has 0 unspecified atom stereocenters. The fraction of sp³-hybridized carbons (Fsp3) is 0.188. The third-order valence-electron chi connectivity index (χ3n) is 3.24. The molecule has 3 rings (SSSR count). The standard InChI is InChI=1S/C16H14F3N5O/c1-10-7-11(2)24(23-10)15-8-14(20-9-21-15)22-12-3-5-13(6-4-12)25-16(17,18)19/h3-9H,1-2H3,(H,20,21,22). The molecule has 0 fully saturated rings. The number of aromatic nitrogens is 4. The topological polar surface area (TPSA) is 64.9 Å². The first kappa shape index (κ1) is 16.7. The second-order valence-electron chi connectivity index (χ2n) is 5.30. The van der Waals surface area contributed by atoms with Gasteiger partial charge in [0.1, 0.15) is 17.9 Å². The van der Waals surface area contributed by atoms with Crippen molar-refractivity contribution >= 4 is 11.5 Å². The Kier molecular flexibility index (Phi) is 4.30. The zero-order chi connectivity index (χ0) is 18.0. The molecule has 2 heterocycles. The van der Waals surface area contributed by atoms with Gasteiger partial charge in [-0.25, -0.2) is 14.6 Å². The van der Waals surface area contributed by atoms with Crippen molar-refractivity contribution in [2.45, 2.75) is 20.2 Å². The highest BCUT2D eigenvalue weighted by Gasteiger charge is 2.30. The van der Waals surface area contributed by atoms with Crippen LogP contribution >= 0.6 is 0 Å². The Bertz CT molecular complexity index is 874. The molecule has 6 nitrogen and oxygen atoms in total. The Labute approximate surface area is 141 Å². The van der Waals surface area contributed by atoms with Crippen molar-refractivity contribution in [2.75, 3.05) is 5.32 Å². The van der Waals surface area contributed by atoms with Crippen LogP contribution in [0.15, 0.2) is 42.7 Å². The molecule has 0 spiro atoms. The van der Waals surface area contributed by atoms with E-state index >= 15 is 0 Å². The lowest BCUT2D eigenvalue weighted by atomic mass is 10.3. The van der Waals surface area contributed by atoms with Gasteiger partial charge in [-0.3, -0.25) is 0 Å². The summed E-state index contributed by atoms with van der Waals surface area (Å²) in [7, 11) is 0. The molecule has 0 saturated heterocycles. The number of nitrogens with zero attached hydrogens (tertiary/aromatic N) is 4. The number of hydrogen-bond donors (Lipinski definition) is 1. The van der Waals surface area contributed by atoms with E-state index in [9.17, 15) is 13.2 Å². The van der Waals surface area contributed by atoms with Crippen molar-refractivity contribution < 1.29 is 17.9 Å². The zero-order valence-electron chi connectivity index (χ0n) is 13.4. The molecule has 0 aliphatic rings. The lowest BCUT2D eigenvalue weighted by Crippen LogP contribution is -2.16. The summed E-state index contributed by atoms with van der Waals surface area (Å²) in [5, 5.41) is 7.35. The SMILES string of the molecule is Cc1cc(C)n(-c2cc(Nc3ccc(OC(F)(F)F)cc3)ncn2)n1. The number of rotatable bonds is 4. The van der Waals surface area contributed by atoms with E-state index in [4.69, 9.17) is 0 Å². The Morgan fingerprint density at radius 2 is 1.76 bits per heavy atom. The van der Waals surface area contributed by atoms with Crippen molar-refractivity contribution in [1.82, 2.24) is 19.7 Å². The summed E-state index contributed by atoms with van der Waals surface area (Å²) in [4.78, 5) is 8.29. The second-order valence-corrected chi connectivity index (χ2v) is 5.30. The summed E-state index contributed by atoms with van der Waals surface area (Å²) in [5.41, 5.74) is 2.36. The third kappa shape index (κ3) is 4.25. The van der Waals surface area contributed by atoms with Crippen LogP contribution < -0.4 is 10.1 Å². The minimum atomic E-state index is -4.71. The molecule has 3 aromatic rings. The number of nitrogens with one attached hydrogen (secondary N) is 1. The van der Waals surface area contributed by atoms with Gasteiger partial charge in [0.2, 0.25) is 0 Å². The smallest absolute Gasteiger partial charge is 0.406 e. The average Bonchev–Trinajstić information content (AvgIpc) is 2.87. The number of hydrogen-bond acceptors (Lipinski definition) is 5. The fourth-order valence-electron chi connectivity index (χ4n) is 2.28. The minimum absolute atomic E-state index is 0.288. The normalized spacial score (nSPS) is 11.4. The van der Waals surface area contributed by atoms with Crippen LogP contribution in [-0.4, -0.2) is 26.1 Å². The second kappa shape index (κ2) is 6.42. The van der Waals surface area contributed by atoms with Crippen molar-refractivity contribution in [1.29, 1.82) is 0 Å². The van der Waals surface area contributed by atoms with Gasteiger partial charge in [-0.2, -0.15) is 5.10 Å². The van der Waals surface area contributed by atoms with E-state index < -0.39 is 6.36 Å². The summed E-state index contributed by atoms with van der Waals surface area (Å²) in [6.45, 7) is 3.79. The largest absolute Gasteiger partial charge is 0.573 e. The predicted octanol–water partition coefficient (Wildman–Crippen LogP) is 3.92. The Morgan fingerprint density at radius 3 is 2.36 bits per heavy atom. The molecule has 9 heteroatoms. The van der Waals surface area contributed by atoms with Crippen molar-refractivity contribution in [3.05, 3.63) is 54.1 Å². The lowest BCUT2D eigenvalue weighted by molar-refractivity contribution is -0.274.